The molecule has 4 aromatic rings. The SMILES string of the molecule is COCCCN(CC(=O)N1CCc2sccc2C1c1ccccc1C)S(=O)(=O)c1cccc2cccnc12. The second-order valence-electron chi connectivity index (χ2n) is 9.41. The molecule has 0 fully saturated rings. The number of thiophene rings is 1. The van der Waals surface area contributed by atoms with E-state index in [1.807, 2.05) is 42.2 Å². The van der Waals surface area contributed by atoms with Crippen molar-refractivity contribution in [3.8, 4) is 0 Å². The summed E-state index contributed by atoms with van der Waals surface area (Å²) in [6, 6.07) is 18.6. The van der Waals surface area contributed by atoms with Crippen LogP contribution in [-0.4, -0.2) is 61.9 Å². The summed E-state index contributed by atoms with van der Waals surface area (Å²) in [6.07, 6.45) is 2.81. The van der Waals surface area contributed by atoms with E-state index in [0.29, 0.717) is 25.1 Å². The number of benzene rings is 2. The van der Waals surface area contributed by atoms with Gasteiger partial charge in [-0.15, -0.1) is 11.3 Å². The fourth-order valence-electron chi connectivity index (χ4n) is 5.15. The highest BCUT2D eigenvalue weighted by atomic mass is 32.2. The summed E-state index contributed by atoms with van der Waals surface area (Å²) >= 11 is 1.71. The van der Waals surface area contributed by atoms with Gasteiger partial charge in [0.05, 0.1) is 18.1 Å². The number of hydrogen-bond donors (Lipinski definition) is 0. The van der Waals surface area contributed by atoms with Gasteiger partial charge in [0.2, 0.25) is 15.9 Å². The molecule has 0 bridgehead atoms. The first kappa shape index (κ1) is 26.5. The fraction of sp³-hybridized carbons (Fsp3) is 0.310. The maximum atomic E-state index is 14.0. The maximum Gasteiger partial charge on any atom is 0.245 e. The van der Waals surface area contributed by atoms with Gasteiger partial charge in [-0.1, -0.05) is 42.5 Å². The van der Waals surface area contributed by atoms with E-state index < -0.39 is 10.0 Å². The molecule has 7 nitrogen and oxygen atoms in total. The van der Waals surface area contributed by atoms with Crippen molar-refractivity contribution in [2.75, 3.05) is 33.4 Å². The highest BCUT2D eigenvalue weighted by Gasteiger charge is 2.36. The van der Waals surface area contributed by atoms with Crippen LogP contribution in [0.3, 0.4) is 0 Å². The lowest BCUT2D eigenvalue weighted by Crippen LogP contribution is -2.47. The molecule has 0 radical (unpaired) electrons. The molecule has 9 heteroatoms. The van der Waals surface area contributed by atoms with Crippen LogP contribution in [0.25, 0.3) is 10.9 Å². The Morgan fingerprint density at radius 2 is 1.92 bits per heavy atom. The number of rotatable bonds is 9. The van der Waals surface area contributed by atoms with E-state index in [9.17, 15) is 13.2 Å². The predicted molar refractivity (Wildman–Crippen MR) is 150 cm³/mol. The zero-order chi connectivity index (χ0) is 26.7. The Bertz CT molecular complexity index is 1540. The highest BCUT2D eigenvalue weighted by Crippen LogP contribution is 2.39. The normalized spacial score (nSPS) is 15.7. The van der Waals surface area contributed by atoms with Gasteiger partial charge in [-0.05, 0) is 60.0 Å². The number of para-hydroxylation sites is 1. The van der Waals surface area contributed by atoms with Crippen molar-refractivity contribution < 1.29 is 17.9 Å². The number of carbonyl (C=O) groups excluding carboxylic acids is 1. The summed E-state index contributed by atoms with van der Waals surface area (Å²) in [7, 11) is -2.43. The monoisotopic (exact) mass is 549 g/mol. The minimum Gasteiger partial charge on any atom is -0.385 e. The number of sulfonamides is 1. The van der Waals surface area contributed by atoms with Crippen molar-refractivity contribution in [2.24, 2.45) is 0 Å². The van der Waals surface area contributed by atoms with Crippen molar-refractivity contribution in [1.29, 1.82) is 0 Å². The maximum absolute atomic E-state index is 14.0. The molecule has 38 heavy (non-hydrogen) atoms. The Balaban J connectivity index is 1.50. The quantitative estimate of drug-likeness (QED) is 0.280. The lowest BCUT2D eigenvalue weighted by molar-refractivity contribution is -0.133. The number of fused-ring (bicyclic) bond motifs is 2. The second-order valence-corrected chi connectivity index (χ2v) is 12.3. The summed E-state index contributed by atoms with van der Waals surface area (Å²) in [5, 5.41) is 2.80. The van der Waals surface area contributed by atoms with Crippen LogP contribution < -0.4 is 0 Å². The van der Waals surface area contributed by atoms with Crippen LogP contribution in [0.15, 0.2) is 77.1 Å². The van der Waals surface area contributed by atoms with E-state index in [-0.39, 0.29) is 29.9 Å². The number of nitrogens with zero attached hydrogens (tertiary/aromatic N) is 3. The van der Waals surface area contributed by atoms with Gasteiger partial charge in [-0.3, -0.25) is 9.78 Å². The Morgan fingerprint density at radius 1 is 1.11 bits per heavy atom. The van der Waals surface area contributed by atoms with Gasteiger partial charge >= 0.3 is 0 Å². The van der Waals surface area contributed by atoms with Gasteiger partial charge in [0, 0.05) is 43.3 Å². The summed E-state index contributed by atoms with van der Waals surface area (Å²) in [5.74, 6) is -0.218. The number of ether oxygens (including phenoxy) is 1. The first-order valence-corrected chi connectivity index (χ1v) is 15.0. The lowest BCUT2D eigenvalue weighted by Gasteiger charge is -2.38. The molecule has 0 saturated carbocycles. The summed E-state index contributed by atoms with van der Waals surface area (Å²) in [5.41, 5.74) is 3.68. The number of aryl methyl sites for hydroxylation is 1. The summed E-state index contributed by atoms with van der Waals surface area (Å²) in [4.78, 5) is 21.6. The van der Waals surface area contributed by atoms with E-state index in [4.69, 9.17) is 4.74 Å². The van der Waals surface area contributed by atoms with Gasteiger partial charge in [-0.25, -0.2) is 8.42 Å². The molecular weight excluding hydrogens is 518 g/mol. The van der Waals surface area contributed by atoms with Crippen molar-refractivity contribution in [1.82, 2.24) is 14.2 Å². The number of amides is 1. The molecule has 0 aliphatic carbocycles. The largest absolute Gasteiger partial charge is 0.385 e. The van der Waals surface area contributed by atoms with Gasteiger partial charge in [0.1, 0.15) is 4.90 Å². The molecule has 1 unspecified atom stereocenters. The molecule has 2 aromatic heterocycles. The average Bonchev–Trinajstić information content (AvgIpc) is 3.41. The summed E-state index contributed by atoms with van der Waals surface area (Å²) < 4.78 is 34.5. The molecule has 1 amide bonds. The number of aromatic nitrogens is 1. The van der Waals surface area contributed by atoms with E-state index in [0.717, 1.165) is 28.5 Å². The molecule has 3 heterocycles. The van der Waals surface area contributed by atoms with Crippen LogP contribution in [0.2, 0.25) is 0 Å². The fourth-order valence-corrected chi connectivity index (χ4v) is 7.65. The molecule has 0 spiro atoms. The molecule has 0 N–H and O–H groups in total. The smallest absolute Gasteiger partial charge is 0.245 e. The van der Waals surface area contributed by atoms with E-state index >= 15 is 0 Å². The number of pyridine rings is 1. The molecule has 2 aromatic carbocycles. The Kier molecular flexibility index (Phi) is 7.90. The first-order chi connectivity index (χ1) is 18.4. The second kappa shape index (κ2) is 11.3. The van der Waals surface area contributed by atoms with Crippen LogP contribution in [0.5, 0.6) is 0 Å². The van der Waals surface area contributed by atoms with Crippen LogP contribution >= 0.6 is 11.3 Å². The molecule has 1 atom stereocenters. The number of carbonyl (C=O) groups is 1. The van der Waals surface area contributed by atoms with Crippen molar-refractivity contribution in [3.05, 3.63) is 93.8 Å². The predicted octanol–water partition coefficient (Wildman–Crippen LogP) is 4.81. The molecule has 0 saturated heterocycles. The minimum absolute atomic E-state index is 0.107. The Morgan fingerprint density at radius 3 is 2.74 bits per heavy atom. The van der Waals surface area contributed by atoms with Crippen molar-refractivity contribution in [2.45, 2.75) is 30.7 Å². The Hall–Kier alpha value is -3.11. The molecule has 198 valence electrons. The summed E-state index contributed by atoms with van der Waals surface area (Å²) in [6.45, 7) is 2.89. The standard InChI is InChI=1S/C29H31N3O4S2/c1-21-8-3-4-11-23(21)29-24-14-19-37-25(24)13-17-32(29)27(33)20-31(16-7-18-36-2)38(34,35)26-12-5-9-22-10-6-15-30-28(22)26/h3-6,8-12,14-15,19,29H,7,13,16-18,20H2,1-2H3. The van der Waals surface area contributed by atoms with Gasteiger partial charge in [0.15, 0.2) is 0 Å². The van der Waals surface area contributed by atoms with Crippen molar-refractivity contribution >= 4 is 38.2 Å². The third kappa shape index (κ3) is 5.11. The number of methoxy groups -OCH3 is 1. The van der Waals surface area contributed by atoms with E-state index in [1.54, 1.807) is 42.8 Å². The average molecular weight is 550 g/mol. The highest BCUT2D eigenvalue weighted by molar-refractivity contribution is 7.89. The van der Waals surface area contributed by atoms with Gasteiger partial charge < -0.3 is 9.64 Å². The van der Waals surface area contributed by atoms with E-state index in [2.05, 4.69) is 22.5 Å². The van der Waals surface area contributed by atoms with E-state index in [1.165, 1.54) is 9.18 Å². The molecular formula is C29H31N3O4S2. The first-order valence-electron chi connectivity index (χ1n) is 12.7. The molecule has 5 rings (SSSR count). The van der Waals surface area contributed by atoms with Gasteiger partial charge in [-0.2, -0.15) is 4.31 Å². The molecule has 1 aliphatic rings. The lowest BCUT2D eigenvalue weighted by atomic mass is 9.90. The molecule has 1 aliphatic heterocycles. The van der Waals surface area contributed by atoms with Gasteiger partial charge in [0.25, 0.3) is 0 Å². The van der Waals surface area contributed by atoms with Crippen LogP contribution in [0.4, 0.5) is 0 Å². The minimum atomic E-state index is -4.01. The third-order valence-corrected chi connectivity index (χ3v) is 9.92. The van der Waals surface area contributed by atoms with Crippen LogP contribution in [0, 0.1) is 6.92 Å². The zero-order valence-electron chi connectivity index (χ0n) is 21.5. The van der Waals surface area contributed by atoms with Crippen LogP contribution in [-0.2, 0) is 26.0 Å². The topological polar surface area (TPSA) is 79.8 Å². The van der Waals surface area contributed by atoms with Crippen molar-refractivity contribution in [3.63, 3.8) is 0 Å². The zero-order valence-corrected chi connectivity index (χ0v) is 23.2. The number of hydrogen-bond acceptors (Lipinski definition) is 6. The third-order valence-electron chi connectivity index (χ3n) is 7.05. The Labute approximate surface area is 227 Å². The van der Waals surface area contributed by atoms with Crippen LogP contribution in [0.1, 0.15) is 34.0 Å².